The molecule has 5 nitrogen and oxygen atoms in total. The minimum absolute atomic E-state index is 0.0813. The Morgan fingerprint density at radius 2 is 1.48 bits per heavy atom. The number of hydrogen-bond donors (Lipinski definition) is 0. The van der Waals surface area contributed by atoms with Crippen LogP contribution in [0.5, 0.6) is 0 Å². The molecular weight excluding hydrogens is 425 g/mol. The van der Waals surface area contributed by atoms with E-state index in [4.69, 9.17) is 0 Å². The van der Waals surface area contributed by atoms with Gasteiger partial charge in [0.2, 0.25) is 10.0 Å². The molecule has 1 aliphatic rings. The SMILES string of the molecule is CSc1ccc(C(=O)N2CCN(S(=O)(=O)c3ccc(C(F)(F)F)cc3)CC2)cc1. The number of benzene rings is 2. The molecule has 0 spiro atoms. The van der Waals surface area contributed by atoms with Gasteiger partial charge in [-0.1, -0.05) is 0 Å². The van der Waals surface area contributed by atoms with Gasteiger partial charge in [0.25, 0.3) is 5.91 Å². The van der Waals surface area contributed by atoms with Gasteiger partial charge in [-0.05, 0) is 54.8 Å². The van der Waals surface area contributed by atoms with Crippen LogP contribution in [0.2, 0.25) is 0 Å². The zero-order valence-electron chi connectivity index (χ0n) is 15.5. The average molecular weight is 445 g/mol. The number of alkyl halides is 3. The highest BCUT2D eigenvalue weighted by molar-refractivity contribution is 7.98. The number of carbonyl (C=O) groups excluding carboxylic acids is 1. The minimum Gasteiger partial charge on any atom is -0.336 e. The van der Waals surface area contributed by atoms with Crippen molar-refractivity contribution in [3.8, 4) is 0 Å². The second kappa shape index (κ2) is 8.37. The van der Waals surface area contributed by atoms with E-state index in [9.17, 15) is 26.4 Å². The number of hydrogen-bond acceptors (Lipinski definition) is 4. The molecule has 10 heteroatoms. The summed E-state index contributed by atoms with van der Waals surface area (Å²) in [5, 5.41) is 0. The van der Waals surface area contributed by atoms with Crippen LogP contribution in [0.3, 0.4) is 0 Å². The van der Waals surface area contributed by atoms with E-state index < -0.39 is 21.8 Å². The van der Waals surface area contributed by atoms with E-state index in [1.807, 2.05) is 18.4 Å². The fraction of sp³-hybridized carbons (Fsp3) is 0.316. The van der Waals surface area contributed by atoms with Gasteiger partial charge in [-0.15, -0.1) is 11.8 Å². The van der Waals surface area contributed by atoms with Crippen LogP contribution in [0.1, 0.15) is 15.9 Å². The summed E-state index contributed by atoms with van der Waals surface area (Å²) in [4.78, 5) is 15.0. The summed E-state index contributed by atoms with van der Waals surface area (Å²) in [6.45, 7) is 0.585. The van der Waals surface area contributed by atoms with Crippen LogP contribution in [0, 0.1) is 0 Å². The lowest BCUT2D eigenvalue weighted by molar-refractivity contribution is -0.137. The Labute approximate surface area is 171 Å². The first-order chi connectivity index (χ1) is 13.6. The standard InChI is InChI=1S/C19H19F3N2O3S2/c1-28-16-6-2-14(3-7-16)18(25)23-10-12-24(13-11-23)29(26,27)17-8-4-15(5-9-17)19(20,21)22/h2-9H,10-13H2,1H3. The number of nitrogens with zero attached hydrogens (tertiary/aromatic N) is 2. The molecule has 1 amide bonds. The molecule has 0 saturated carbocycles. The van der Waals surface area contributed by atoms with E-state index >= 15 is 0 Å². The predicted octanol–water partition coefficient (Wildman–Crippen LogP) is 3.57. The zero-order chi connectivity index (χ0) is 21.2. The molecule has 2 aromatic rings. The number of thioether (sulfide) groups is 1. The highest BCUT2D eigenvalue weighted by atomic mass is 32.2. The summed E-state index contributed by atoms with van der Waals surface area (Å²) in [6, 6.07) is 10.6. The summed E-state index contributed by atoms with van der Waals surface area (Å²) in [5.41, 5.74) is -0.374. The van der Waals surface area contributed by atoms with Crippen molar-refractivity contribution >= 4 is 27.7 Å². The predicted molar refractivity (Wildman–Crippen MR) is 104 cm³/mol. The molecule has 0 aromatic heterocycles. The van der Waals surface area contributed by atoms with Gasteiger partial charge < -0.3 is 4.90 Å². The van der Waals surface area contributed by atoms with Crippen LogP contribution in [-0.2, 0) is 16.2 Å². The number of amides is 1. The molecule has 0 aliphatic carbocycles. The Bertz CT molecular complexity index is 967. The molecule has 3 rings (SSSR count). The summed E-state index contributed by atoms with van der Waals surface area (Å²) in [5.74, 6) is -0.177. The Hall–Kier alpha value is -2.04. The molecule has 1 aliphatic heterocycles. The van der Waals surface area contributed by atoms with E-state index in [-0.39, 0.29) is 37.0 Å². The topological polar surface area (TPSA) is 57.7 Å². The average Bonchev–Trinajstić information content (AvgIpc) is 2.73. The Morgan fingerprint density at radius 3 is 1.97 bits per heavy atom. The van der Waals surface area contributed by atoms with Gasteiger partial charge in [0.1, 0.15) is 0 Å². The van der Waals surface area contributed by atoms with E-state index in [0.29, 0.717) is 5.56 Å². The summed E-state index contributed by atoms with van der Waals surface area (Å²) in [6.07, 6.45) is -2.59. The summed E-state index contributed by atoms with van der Waals surface area (Å²) >= 11 is 1.57. The molecule has 1 heterocycles. The first-order valence-corrected chi connectivity index (χ1v) is 11.4. The molecule has 29 heavy (non-hydrogen) atoms. The first kappa shape index (κ1) is 21.7. The summed E-state index contributed by atoms with van der Waals surface area (Å²) in [7, 11) is -3.92. The van der Waals surface area contributed by atoms with Crippen LogP contribution in [-0.4, -0.2) is 56.0 Å². The Kier molecular flexibility index (Phi) is 6.25. The van der Waals surface area contributed by atoms with Gasteiger partial charge in [0, 0.05) is 36.6 Å². The first-order valence-electron chi connectivity index (χ1n) is 8.73. The maximum Gasteiger partial charge on any atom is 0.416 e. The van der Waals surface area contributed by atoms with Crippen LogP contribution >= 0.6 is 11.8 Å². The van der Waals surface area contributed by atoms with Crippen LogP contribution < -0.4 is 0 Å². The zero-order valence-corrected chi connectivity index (χ0v) is 17.1. The molecule has 0 bridgehead atoms. The van der Waals surface area contributed by atoms with Crippen molar-refractivity contribution in [1.29, 1.82) is 0 Å². The van der Waals surface area contributed by atoms with Crippen molar-refractivity contribution in [3.05, 3.63) is 59.7 Å². The molecule has 0 N–H and O–H groups in total. The monoisotopic (exact) mass is 444 g/mol. The number of halogens is 3. The fourth-order valence-corrected chi connectivity index (χ4v) is 4.84. The van der Waals surface area contributed by atoms with Gasteiger partial charge in [-0.25, -0.2) is 8.42 Å². The molecule has 2 aromatic carbocycles. The lowest BCUT2D eigenvalue weighted by Gasteiger charge is -2.34. The van der Waals surface area contributed by atoms with Crippen molar-refractivity contribution in [2.75, 3.05) is 32.4 Å². The number of piperazine rings is 1. The van der Waals surface area contributed by atoms with Gasteiger partial charge >= 0.3 is 6.18 Å². The van der Waals surface area contributed by atoms with E-state index in [2.05, 4.69) is 0 Å². The maximum atomic E-state index is 12.7. The third-order valence-corrected chi connectivity index (χ3v) is 7.34. The molecular formula is C19H19F3N2O3S2. The second-order valence-corrected chi connectivity index (χ2v) is 9.26. The van der Waals surface area contributed by atoms with Crippen LogP contribution in [0.25, 0.3) is 0 Å². The number of sulfonamides is 1. The Balaban J connectivity index is 1.66. The second-order valence-electron chi connectivity index (χ2n) is 6.45. The van der Waals surface area contributed by atoms with Gasteiger partial charge in [-0.2, -0.15) is 17.5 Å². The highest BCUT2D eigenvalue weighted by Crippen LogP contribution is 2.30. The van der Waals surface area contributed by atoms with E-state index in [0.717, 1.165) is 29.2 Å². The highest BCUT2D eigenvalue weighted by Gasteiger charge is 2.33. The van der Waals surface area contributed by atoms with Crippen molar-refractivity contribution in [3.63, 3.8) is 0 Å². The molecule has 0 atom stereocenters. The van der Waals surface area contributed by atoms with Crippen molar-refractivity contribution in [2.24, 2.45) is 0 Å². The third-order valence-electron chi connectivity index (χ3n) is 4.68. The fourth-order valence-electron chi connectivity index (χ4n) is 3.01. The van der Waals surface area contributed by atoms with Gasteiger partial charge in [0.15, 0.2) is 0 Å². The van der Waals surface area contributed by atoms with Gasteiger partial charge in [0.05, 0.1) is 10.5 Å². The maximum absolute atomic E-state index is 12.7. The van der Waals surface area contributed by atoms with Crippen molar-refractivity contribution in [2.45, 2.75) is 16.0 Å². The lowest BCUT2D eigenvalue weighted by Crippen LogP contribution is -2.50. The van der Waals surface area contributed by atoms with Crippen LogP contribution in [0.15, 0.2) is 58.3 Å². The largest absolute Gasteiger partial charge is 0.416 e. The normalized spacial score (nSPS) is 16.1. The summed E-state index contributed by atoms with van der Waals surface area (Å²) < 4.78 is 64.6. The van der Waals surface area contributed by atoms with Crippen molar-refractivity contribution in [1.82, 2.24) is 9.21 Å². The Morgan fingerprint density at radius 1 is 0.931 bits per heavy atom. The molecule has 1 saturated heterocycles. The van der Waals surface area contributed by atoms with Gasteiger partial charge in [-0.3, -0.25) is 4.79 Å². The third kappa shape index (κ3) is 4.76. The minimum atomic E-state index is -4.53. The lowest BCUT2D eigenvalue weighted by atomic mass is 10.2. The molecule has 1 fully saturated rings. The smallest absolute Gasteiger partial charge is 0.336 e. The van der Waals surface area contributed by atoms with E-state index in [1.54, 1.807) is 28.8 Å². The van der Waals surface area contributed by atoms with Crippen LogP contribution in [0.4, 0.5) is 13.2 Å². The molecule has 0 radical (unpaired) electrons. The molecule has 156 valence electrons. The number of carbonyl (C=O) groups is 1. The van der Waals surface area contributed by atoms with E-state index in [1.165, 1.54) is 4.31 Å². The quantitative estimate of drug-likeness (QED) is 0.677. The molecule has 0 unspecified atom stereocenters. The number of rotatable bonds is 4. The van der Waals surface area contributed by atoms with Crippen molar-refractivity contribution < 1.29 is 26.4 Å².